The lowest BCUT2D eigenvalue weighted by Crippen LogP contribution is -2.53. The summed E-state index contributed by atoms with van der Waals surface area (Å²) < 4.78 is 19.0. The molecule has 2 amide bonds. The van der Waals surface area contributed by atoms with Crippen LogP contribution in [0.4, 0.5) is 10.5 Å². The maximum atomic E-state index is 14.8. The van der Waals surface area contributed by atoms with Crippen LogP contribution in [-0.4, -0.2) is 136 Å². The minimum Gasteiger partial charge on any atom is -0.507 e. The fraction of sp³-hybridized carbons (Fsp3) is 0.655. The Morgan fingerprint density at radius 3 is 2.24 bits per heavy atom. The summed E-state index contributed by atoms with van der Waals surface area (Å²) >= 11 is 0. The number of fused-ring (bicyclic) bond motifs is 13. The van der Waals surface area contributed by atoms with E-state index in [-0.39, 0.29) is 73.6 Å². The van der Waals surface area contributed by atoms with E-state index < -0.39 is 47.0 Å². The molecule has 5 N–H and O–H groups in total. The van der Waals surface area contributed by atoms with E-state index in [1.165, 1.54) is 45.3 Å². The highest BCUT2D eigenvalue weighted by atomic mass is 16.7. The highest BCUT2D eigenvalue weighted by Gasteiger charge is 2.50. The molecule has 9 rings (SSSR count). The van der Waals surface area contributed by atoms with Crippen LogP contribution in [0.2, 0.25) is 0 Å². The van der Waals surface area contributed by atoms with Crippen molar-refractivity contribution in [1.82, 2.24) is 14.7 Å². The zero-order chi connectivity index (χ0) is 51.5. The van der Waals surface area contributed by atoms with Crippen LogP contribution in [0.1, 0.15) is 129 Å². The fourth-order valence-corrected chi connectivity index (χ4v) is 11.7. The molecule has 2 aromatic carbocycles. The molecule has 2 saturated heterocycles. The summed E-state index contributed by atoms with van der Waals surface area (Å²) in [6.07, 6.45) is 15.2. The van der Waals surface area contributed by atoms with Gasteiger partial charge in [-0.1, -0.05) is 79.0 Å². The Morgan fingerprint density at radius 1 is 0.915 bits per heavy atom. The van der Waals surface area contributed by atoms with Gasteiger partial charge in [0, 0.05) is 101 Å². The summed E-state index contributed by atoms with van der Waals surface area (Å²) in [6.45, 7) is 22.3. The van der Waals surface area contributed by atoms with Gasteiger partial charge in [0.15, 0.2) is 11.4 Å². The maximum Gasteiger partial charge on any atom is 0.410 e. The number of aliphatic hydroxyl groups is 2. The van der Waals surface area contributed by atoms with Crippen molar-refractivity contribution in [2.45, 2.75) is 150 Å². The topological polar surface area (TPSA) is 206 Å². The van der Waals surface area contributed by atoms with Crippen molar-refractivity contribution in [3.8, 4) is 17.2 Å². The number of ketones is 1. The molecule has 6 heterocycles. The fourth-order valence-electron chi connectivity index (χ4n) is 11.7. The molecule has 71 heavy (non-hydrogen) atoms. The number of hydrogen-bond donors (Lipinski definition) is 5. The summed E-state index contributed by atoms with van der Waals surface area (Å²) in [5.41, 5.74) is -0.269. The number of aliphatic hydroxyl groups excluding tert-OH is 2. The largest absolute Gasteiger partial charge is 0.507 e. The molecule has 2 aromatic rings. The van der Waals surface area contributed by atoms with Crippen molar-refractivity contribution < 1.29 is 49.0 Å². The molecule has 6 aliphatic heterocycles. The number of nitrogens with zero attached hydrogens (tertiary/aromatic N) is 5. The Balaban J connectivity index is 0.00000366. The Hall–Kier alpha value is -5.03. The van der Waals surface area contributed by atoms with E-state index in [1.54, 1.807) is 30.9 Å². The second kappa shape index (κ2) is 22.4. The highest BCUT2D eigenvalue weighted by molar-refractivity contribution is 6.19. The van der Waals surface area contributed by atoms with Crippen LogP contribution < -0.4 is 20.8 Å². The highest BCUT2D eigenvalue weighted by Crippen LogP contribution is 2.50. The number of Topliss-reactive ketones (excluding diaryl/α,β-unsaturated/α-hetero) is 1. The van der Waals surface area contributed by atoms with E-state index in [0.29, 0.717) is 56.3 Å². The van der Waals surface area contributed by atoms with Crippen molar-refractivity contribution in [3.05, 3.63) is 58.0 Å². The smallest absolute Gasteiger partial charge is 0.410 e. The second-order valence-electron chi connectivity index (χ2n) is 21.7. The molecule has 1 spiro atoms. The van der Waals surface area contributed by atoms with Gasteiger partial charge >= 0.3 is 11.9 Å². The number of piperazine rings is 1. The molecule has 16 nitrogen and oxygen atoms in total. The molecule has 0 aromatic heterocycles. The van der Waals surface area contributed by atoms with Crippen LogP contribution in [0, 0.1) is 36.5 Å². The molecule has 16 heteroatoms. The van der Waals surface area contributed by atoms with Gasteiger partial charge in [-0.25, -0.2) is 4.79 Å². The maximum absolute atomic E-state index is 14.8. The number of anilines is 1. The molecule has 7 aliphatic rings. The van der Waals surface area contributed by atoms with Crippen molar-refractivity contribution >= 4 is 34.2 Å². The Labute approximate surface area is 419 Å². The number of carbonyl (C=O) groups excluding carboxylic acids is 3. The van der Waals surface area contributed by atoms with Gasteiger partial charge in [-0.3, -0.25) is 24.5 Å². The number of benzene rings is 2. The molecule has 3 unspecified atom stereocenters. The third kappa shape index (κ3) is 11.2. The van der Waals surface area contributed by atoms with Crippen molar-refractivity contribution in [2.75, 3.05) is 58.2 Å². The van der Waals surface area contributed by atoms with E-state index in [2.05, 4.69) is 35.9 Å². The zero-order valence-electron chi connectivity index (χ0n) is 43.8. The number of carbonyl (C=O) groups is 3. The van der Waals surface area contributed by atoms with Crippen LogP contribution in [0.15, 0.2) is 46.1 Å². The van der Waals surface area contributed by atoms with Gasteiger partial charge < -0.3 is 49.8 Å². The molecule has 1 aliphatic carbocycles. The number of phenolic OH excluding ortho intramolecular Hbond substituents is 2. The SMILES string of the molecule is C/C1=C/C=C/[C@H](C)C[C@@H](C)C(O)[C@@H](C)C(OC(=O)N2CCN(C3CCCCC3)CC2)[C@H](C)C/C=C/OC2(C)Oc3c(C)c(O)c4c(O)c(c5c(c4c3C2=O)=NC2(CCN(CC(C)C)CC2)N=5)NC1=O.CO. The number of piperidine rings is 1. The van der Waals surface area contributed by atoms with E-state index in [0.717, 1.165) is 39.8 Å². The number of hydrogen-bond acceptors (Lipinski definition) is 14. The van der Waals surface area contributed by atoms with Gasteiger partial charge in [0.1, 0.15) is 28.6 Å². The lowest BCUT2D eigenvalue weighted by molar-refractivity contribution is -0.112. The minimum absolute atomic E-state index is 0.00233. The first kappa shape index (κ1) is 53.8. The summed E-state index contributed by atoms with van der Waals surface area (Å²) in [5, 5.41) is 46.6. The predicted octanol–water partition coefficient (Wildman–Crippen LogP) is 7.29. The molecular weight excluding hydrogens is 905 g/mol. The summed E-state index contributed by atoms with van der Waals surface area (Å²) in [7, 11) is 1.00. The van der Waals surface area contributed by atoms with E-state index >= 15 is 0 Å². The predicted molar refractivity (Wildman–Crippen MR) is 273 cm³/mol. The van der Waals surface area contributed by atoms with Gasteiger partial charge in [-0.15, -0.1) is 0 Å². The average molecular weight is 985 g/mol. The Morgan fingerprint density at radius 2 is 1.58 bits per heavy atom. The van der Waals surface area contributed by atoms with Gasteiger partial charge in [0.25, 0.3) is 11.7 Å². The molecule has 7 atom stereocenters. The van der Waals surface area contributed by atoms with Crippen LogP contribution >= 0.6 is 0 Å². The molecule has 3 fully saturated rings. The van der Waals surface area contributed by atoms with E-state index in [1.807, 2.05) is 32.9 Å². The van der Waals surface area contributed by atoms with Crippen LogP contribution in [0.5, 0.6) is 17.2 Å². The van der Waals surface area contributed by atoms with Gasteiger partial charge in [-0.2, -0.15) is 0 Å². The third-order valence-corrected chi connectivity index (χ3v) is 15.8. The number of aromatic hydroxyl groups is 2. The normalized spacial score (nSPS) is 30.5. The summed E-state index contributed by atoms with van der Waals surface area (Å²) in [5.74, 6) is -3.93. The quantitative estimate of drug-likeness (QED) is 0.192. The number of allylic oxidation sites excluding steroid dienone is 4. The lowest BCUT2D eigenvalue weighted by Gasteiger charge is -2.41. The number of amides is 2. The van der Waals surface area contributed by atoms with Crippen LogP contribution in [0.25, 0.3) is 10.8 Å². The monoisotopic (exact) mass is 985 g/mol. The minimum atomic E-state index is -1.87. The van der Waals surface area contributed by atoms with E-state index in [4.69, 9.17) is 29.3 Å². The Bertz CT molecular complexity index is 2520. The van der Waals surface area contributed by atoms with Crippen LogP contribution in [-0.2, 0) is 14.3 Å². The molecule has 5 bridgehead atoms. The molecular formula is C55H80N6O10. The standard InChI is InChI=1S/C54H76N6O9.CH4O/c1-31(2)30-58-22-20-54(21-23-58)56-42-39-40-46(62)37(8)49-41(39)50(64)53(9,69-49)67-28-14-17-33(4)48(68-52(66)60-26-24-59(25-27-60)38-18-11-10-12-19-38)36(7)45(61)35(6)29-32(3)15-13-16-34(5)51(65)55-44(47(40)63)43(42)57-54;1-2/h13-16,28,31-33,35-36,38,45,48,61-63H,10-12,17-27,29-30H2,1-9H3,(H,55,65);2H,1H3/b15-13+,28-14+,34-16-;/t32-,33+,35+,36+,45?,48?,53?;/m0./s1. The van der Waals surface area contributed by atoms with Gasteiger partial charge in [0.2, 0.25) is 0 Å². The molecule has 1 saturated carbocycles. The lowest BCUT2D eigenvalue weighted by atomic mass is 9.80. The summed E-state index contributed by atoms with van der Waals surface area (Å²) in [4.78, 5) is 60.0. The number of ether oxygens (including phenoxy) is 3. The number of likely N-dealkylation sites (tertiary alicyclic amines) is 1. The van der Waals surface area contributed by atoms with E-state index in [9.17, 15) is 29.7 Å². The first-order valence-corrected chi connectivity index (χ1v) is 26.1. The molecule has 390 valence electrons. The van der Waals surface area contributed by atoms with Crippen LogP contribution in [0.3, 0.4) is 0 Å². The van der Waals surface area contributed by atoms with Crippen molar-refractivity contribution in [3.63, 3.8) is 0 Å². The first-order valence-electron chi connectivity index (χ1n) is 26.1. The Kier molecular flexibility index (Phi) is 17.0. The zero-order valence-corrected chi connectivity index (χ0v) is 43.8. The number of rotatable bonds is 4. The molecule has 0 radical (unpaired) electrons. The average Bonchev–Trinajstić information content (AvgIpc) is 3.86. The second-order valence-corrected chi connectivity index (χ2v) is 21.7. The third-order valence-electron chi connectivity index (χ3n) is 15.8. The van der Waals surface area contributed by atoms with Crippen molar-refractivity contribution in [2.24, 2.45) is 39.6 Å². The number of nitrogens with one attached hydrogen (secondary N) is 1. The number of phenols is 2. The first-order chi connectivity index (χ1) is 33.8. The van der Waals surface area contributed by atoms with Gasteiger partial charge in [0.05, 0.1) is 28.7 Å². The summed E-state index contributed by atoms with van der Waals surface area (Å²) in [6, 6.07) is 0.578. The van der Waals surface area contributed by atoms with Crippen molar-refractivity contribution in [1.29, 1.82) is 0 Å². The van der Waals surface area contributed by atoms with Gasteiger partial charge in [-0.05, 0) is 69.3 Å².